The van der Waals surface area contributed by atoms with Crippen molar-refractivity contribution in [1.82, 2.24) is 5.43 Å². The van der Waals surface area contributed by atoms with Crippen molar-refractivity contribution in [3.05, 3.63) is 70.8 Å². The number of benzene rings is 2. The highest BCUT2D eigenvalue weighted by Gasteiger charge is 2.13. The minimum atomic E-state index is -0.205. The average molecular weight is 294 g/mol. The minimum absolute atomic E-state index is 0.0819. The summed E-state index contributed by atoms with van der Waals surface area (Å²) in [6.07, 6.45) is 1.64. The zero-order chi connectivity index (χ0) is 16.2. The lowest BCUT2D eigenvalue weighted by Crippen LogP contribution is -2.18. The second kappa shape index (κ2) is 6.56. The van der Waals surface area contributed by atoms with Gasteiger partial charge in [0, 0.05) is 5.56 Å². The summed E-state index contributed by atoms with van der Waals surface area (Å²) in [5.41, 5.74) is 6.59. The smallest absolute Gasteiger partial charge is 0.267 e. The van der Waals surface area contributed by atoms with Crippen molar-refractivity contribution in [3.63, 3.8) is 0 Å². The number of hydrogen-bond acceptors (Lipinski definition) is 2. The SMILES string of the molecule is Cc1ccc(C=NNC(=O)c2ccc(C(C)(C)C)cc2)cc1. The third-order valence-electron chi connectivity index (χ3n) is 3.47. The van der Waals surface area contributed by atoms with Crippen molar-refractivity contribution in [2.45, 2.75) is 33.1 Å². The molecular formula is C19H22N2O. The van der Waals surface area contributed by atoms with E-state index in [9.17, 15) is 4.79 Å². The van der Waals surface area contributed by atoms with E-state index >= 15 is 0 Å². The van der Waals surface area contributed by atoms with Gasteiger partial charge in [0.1, 0.15) is 0 Å². The Kier molecular flexibility index (Phi) is 4.76. The Labute approximate surface area is 132 Å². The van der Waals surface area contributed by atoms with Crippen LogP contribution in [0.2, 0.25) is 0 Å². The molecule has 0 aromatic heterocycles. The fraction of sp³-hybridized carbons (Fsp3) is 0.263. The Bertz CT molecular complexity index is 662. The van der Waals surface area contributed by atoms with E-state index in [1.165, 1.54) is 11.1 Å². The zero-order valence-corrected chi connectivity index (χ0v) is 13.6. The summed E-state index contributed by atoms with van der Waals surface area (Å²) < 4.78 is 0. The van der Waals surface area contributed by atoms with Crippen molar-refractivity contribution < 1.29 is 4.79 Å². The summed E-state index contributed by atoms with van der Waals surface area (Å²) in [4.78, 5) is 12.0. The number of hydrazone groups is 1. The number of carbonyl (C=O) groups excluding carboxylic acids is 1. The van der Waals surface area contributed by atoms with Crippen molar-refractivity contribution in [2.24, 2.45) is 5.10 Å². The largest absolute Gasteiger partial charge is 0.271 e. The number of hydrogen-bond donors (Lipinski definition) is 1. The molecule has 2 aromatic rings. The molecule has 2 aromatic carbocycles. The minimum Gasteiger partial charge on any atom is -0.267 e. The Hall–Kier alpha value is -2.42. The third kappa shape index (κ3) is 4.29. The van der Waals surface area contributed by atoms with Crippen molar-refractivity contribution in [3.8, 4) is 0 Å². The lowest BCUT2D eigenvalue weighted by molar-refractivity contribution is 0.0955. The van der Waals surface area contributed by atoms with E-state index in [2.05, 4.69) is 31.3 Å². The van der Waals surface area contributed by atoms with Gasteiger partial charge in [-0.25, -0.2) is 5.43 Å². The predicted octanol–water partition coefficient (Wildman–Crippen LogP) is 4.06. The molecule has 0 atom stereocenters. The predicted molar refractivity (Wildman–Crippen MR) is 91.4 cm³/mol. The molecule has 0 saturated heterocycles. The molecule has 2 rings (SSSR count). The van der Waals surface area contributed by atoms with Gasteiger partial charge >= 0.3 is 0 Å². The molecule has 0 unspecified atom stereocenters. The van der Waals surface area contributed by atoms with Crippen LogP contribution in [0.3, 0.4) is 0 Å². The fourth-order valence-electron chi connectivity index (χ4n) is 2.00. The molecular weight excluding hydrogens is 272 g/mol. The quantitative estimate of drug-likeness (QED) is 0.673. The molecule has 0 fully saturated rings. The molecule has 0 spiro atoms. The van der Waals surface area contributed by atoms with Crippen LogP contribution in [-0.2, 0) is 5.41 Å². The maximum absolute atomic E-state index is 12.0. The lowest BCUT2D eigenvalue weighted by atomic mass is 9.87. The van der Waals surface area contributed by atoms with Crippen LogP contribution >= 0.6 is 0 Å². The monoisotopic (exact) mass is 294 g/mol. The standard InChI is InChI=1S/C19H22N2O/c1-14-5-7-15(8-6-14)13-20-21-18(22)16-9-11-17(12-10-16)19(2,3)4/h5-13H,1-4H3,(H,21,22). The highest BCUT2D eigenvalue weighted by Crippen LogP contribution is 2.22. The number of rotatable bonds is 3. The molecule has 0 saturated carbocycles. The number of nitrogens with zero attached hydrogens (tertiary/aromatic N) is 1. The molecule has 0 aliphatic heterocycles. The van der Waals surface area contributed by atoms with Gasteiger partial charge in [0.25, 0.3) is 5.91 Å². The molecule has 1 amide bonds. The van der Waals surface area contributed by atoms with E-state index in [-0.39, 0.29) is 11.3 Å². The Morgan fingerprint density at radius 3 is 2.14 bits per heavy atom. The maximum Gasteiger partial charge on any atom is 0.271 e. The van der Waals surface area contributed by atoms with E-state index in [0.717, 1.165) is 5.56 Å². The molecule has 3 heteroatoms. The van der Waals surface area contributed by atoms with Gasteiger partial charge in [-0.2, -0.15) is 5.10 Å². The van der Waals surface area contributed by atoms with Gasteiger partial charge in [0.05, 0.1) is 6.21 Å². The second-order valence-corrected chi connectivity index (χ2v) is 6.44. The van der Waals surface area contributed by atoms with Crippen LogP contribution in [0.5, 0.6) is 0 Å². The van der Waals surface area contributed by atoms with Gasteiger partial charge < -0.3 is 0 Å². The molecule has 114 valence electrons. The Morgan fingerprint density at radius 2 is 1.59 bits per heavy atom. The third-order valence-corrected chi connectivity index (χ3v) is 3.47. The summed E-state index contributed by atoms with van der Waals surface area (Å²) in [5, 5.41) is 3.99. The lowest BCUT2D eigenvalue weighted by Gasteiger charge is -2.18. The number of carbonyl (C=O) groups is 1. The van der Waals surface area contributed by atoms with Crippen LogP contribution in [0.4, 0.5) is 0 Å². The summed E-state index contributed by atoms with van der Waals surface area (Å²) in [6.45, 7) is 8.47. The van der Waals surface area contributed by atoms with Gasteiger partial charge in [0.2, 0.25) is 0 Å². The molecule has 3 nitrogen and oxygen atoms in total. The summed E-state index contributed by atoms with van der Waals surface area (Å²) in [6, 6.07) is 15.6. The molecule has 22 heavy (non-hydrogen) atoms. The molecule has 0 bridgehead atoms. The molecule has 0 aliphatic carbocycles. The van der Waals surface area contributed by atoms with Crippen LogP contribution in [0, 0.1) is 6.92 Å². The molecule has 0 radical (unpaired) electrons. The van der Waals surface area contributed by atoms with Gasteiger partial charge in [-0.05, 0) is 35.6 Å². The van der Waals surface area contributed by atoms with Crippen LogP contribution in [0.1, 0.15) is 47.8 Å². The Balaban J connectivity index is 1.99. The van der Waals surface area contributed by atoms with Crippen molar-refractivity contribution in [1.29, 1.82) is 0 Å². The van der Waals surface area contributed by atoms with E-state index < -0.39 is 0 Å². The van der Waals surface area contributed by atoms with E-state index in [1.54, 1.807) is 6.21 Å². The van der Waals surface area contributed by atoms with Gasteiger partial charge in [-0.3, -0.25) is 4.79 Å². The summed E-state index contributed by atoms with van der Waals surface area (Å²) in [5.74, 6) is -0.205. The molecule has 0 aliphatic rings. The van der Waals surface area contributed by atoms with Gasteiger partial charge in [-0.1, -0.05) is 62.7 Å². The summed E-state index contributed by atoms with van der Waals surface area (Å²) >= 11 is 0. The average Bonchev–Trinajstić information content (AvgIpc) is 2.48. The zero-order valence-electron chi connectivity index (χ0n) is 13.6. The fourth-order valence-corrected chi connectivity index (χ4v) is 2.00. The van der Waals surface area contributed by atoms with Gasteiger partial charge in [0.15, 0.2) is 0 Å². The highest BCUT2D eigenvalue weighted by molar-refractivity contribution is 5.94. The van der Waals surface area contributed by atoms with Crippen LogP contribution < -0.4 is 5.43 Å². The van der Waals surface area contributed by atoms with Crippen LogP contribution in [0.15, 0.2) is 53.6 Å². The van der Waals surface area contributed by atoms with Crippen LogP contribution in [-0.4, -0.2) is 12.1 Å². The van der Waals surface area contributed by atoms with E-state index in [4.69, 9.17) is 0 Å². The number of amides is 1. The highest BCUT2D eigenvalue weighted by atomic mass is 16.2. The van der Waals surface area contributed by atoms with Gasteiger partial charge in [-0.15, -0.1) is 0 Å². The maximum atomic E-state index is 12.0. The normalized spacial score (nSPS) is 11.6. The first-order valence-electron chi connectivity index (χ1n) is 7.37. The van der Waals surface area contributed by atoms with Crippen molar-refractivity contribution >= 4 is 12.1 Å². The first kappa shape index (κ1) is 16.0. The number of nitrogens with one attached hydrogen (secondary N) is 1. The van der Waals surface area contributed by atoms with Crippen molar-refractivity contribution in [2.75, 3.05) is 0 Å². The first-order chi connectivity index (χ1) is 10.4. The van der Waals surface area contributed by atoms with E-state index in [0.29, 0.717) is 5.56 Å². The second-order valence-electron chi connectivity index (χ2n) is 6.44. The topological polar surface area (TPSA) is 41.5 Å². The Morgan fingerprint density at radius 1 is 1.00 bits per heavy atom. The first-order valence-corrected chi connectivity index (χ1v) is 7.37. The molecule has 0 heterocycles. The van der Waals surface area contributed by atoms with E-state index in [1.807, 2.05) is 55.5 Å². The van der Waals surface area contributed by atoms with Crippen LogP contribution in [0.25, 0.3) is 0 Å². The number of aryl methyl sites for hydroxylation is 1. The summed E-state index contributed by atoms with van der Waals surface area (Å²) in [7, 11) is 0. The molecule has 1 N–H and O–H groups in total.